The van der Waals surface area contributed by atoms with Crippen LogP contribution in [0.5, 0.6) is 11.5 Å². The van der Waals surface area contributed by atoms with Crippen molar-refractivity contribution in [1.29, 1.82) is 0 Å². The summed E-state index contributed by atoms with van der Waals surface area (Å²) in [5.74, 6) is 0.874. The van der Waals surface area contributed by atoms with E-state index in [0.717, 1.165) is 17.5 Å². The number of hydrogen-bond acceptors (Lipinski definition) is 5. The SMILES string of the molecule is O=C(NC(Cc1ccccc1)C(=O)Nc1ccc2c(c1)OCCCO2)OCc1ccccc1. The maximum absolute atomic E-state index is 13.1. The van der Waals surface area contributed by atoms with Gasteiger partial charge in [-0.05, 0) is 23.3 Å². The van der Waals surface area contributed by atoms with E-state index in [2.05, 4.69) is 10.6 Å². The highest BCUT2D eigenvalue weighted by Gasteiger charge is 2.23. The number of carbonyl (C=O) groups is 2. The molecular weight excluding hydrogens is 420 g/mol. The summed E-state index contributed by atoms with van der Waals surface area (Å²) in [5.41, 5.74) is 2.34. The molecule has 0 saturated carbocycles. The van der Waals surface area contributed by atoms with Crippen molar-refractivity contribution in [3.63, 3.8) is 0 Å². The summed E-state index contributed by atoms with van der Waals surface area (Å²) in [7, 11) is 0. The van der Waals surface area contributed by atoms with Gasteiger partial charge >= 0.3 is 6.09 Å². The first-order chi connectivity index (χ1) is 16.2. The average Bonchev–Trinajstić information content (AvgIpc) is 3.09. The summed E-state index contributed by atoms with van der Waals surface area (Å²) in [6, 6.07) is 23.3. The van der Waals surface area contributed by atoms with E-state index in [-0.39, 0.29) is 12.5 Å². The molecule has 0 saturated heterocycles. The Morgan fingerprint density at radius 1 is 0.848 bits per heavy atom. The standard InChI is InChI=1S/C26H26N2O5/c29-25(27-21-12-13-23-24(17-21)32-15-7-14-31-23)22(16-19-8-3-1-4-9-19)28-26(30)33-18-20-10-5-2-6-11-20/h1-6,8-13,17,22H,7,14-16,18H2,(H,27,29)(H,28,30). The van der Waals surface area contributed by atoms with Gasteiger partial charge in [0.15, 0.2) is 11.5 Å². The van der Waals surface area contributed by atoms with Crippen LogP contribution in [0.25, 0.3) is 0 Å². The van der Waals surface area contributed by atoms with E-state index in [1.165, 1.54) is 0 Å². The lowest BCUT2D eigenvalue weighted by Gasteiger charge is -2.19. The van der Waals surface area contributed by atoms with Crippen molar-refractivity contribution in [3.05, 3.63) is 90.0 Å². The van der Waals surface area contributed by atoms with Gasteiger partial charge in [0.2, 0.25) is 5.91 Å². The normalized spacial score (nSPS) is 13.3. The van der Waals surface area contributed by atoms with Crippen molar-refractivity contribution in [3.8, 4) is 11.5 Å². The Bertz CT molecular complexity index is 1070. The number of hydrogen-bond donors (Lipinski definition) is 2. The molecule has 170 valence electrons. The Hall–Kier alpha value is -4.00. The fourth-order valence-corrected chi connectivity index (χ4v) is 3.44. The summed E-state index contributed by atoms with van der Waals surface area (Å²) >= 11 is 0. The van der Waals surface area contributed by atoms with E-state index in [9.17, 15) is 9.59 Å². The molecule has 3 aromatic rings. The second-order valence-electron chi connectivity index (χ2n) is 7.65. The minimum Gasteiger partial charge on any atom is -0.490 e. The fourth-order valence-electron chi connectivity index (χ4n) is 3.44. The molecule has 0 aliphatic carbocycles. The molecule has 2 N–H and O–H groups in total. The van der Waals surface area contributed by atoms with Gasteiger partial charge in [0, 0.05) is 24.6 Å². The molecule has 0 bridgehead atoms. The van der Waals surface area contributed by atoms with Crippen LogP contribution in [0.1, 0.15) is 17.5 Å². The van der Waals surface area contributed by atoms with Crippen molar-refractivity contribution in [2.75, 3.05) is 18.5 Å². The largest absolute Gasteiger partial charge is 0.490 e. The molecule has 3 aromatic carbocycles. The predicted octanol–water partition coefficient (Wildman–Crippen LogP) is 4.32. The monoisotopic (exact) mass is 446 g/mol. The molecule has 1 atom stereocenters. The molecule has 4 rings (SSSR count). The van der Waals surface area contributed by atoms with Gasteiger partial charge in [0.1, 0.15) is 12.6 Å². The van der Waals surface area contributed by atoms with E-state index in [1.54, 1.807) is 18.2 Å². The van der Waals surface area contributed by atoms with E-state index >= 15 is 0 Å². The van der Waals surface area contributed by atoms with Gasteiger partial charge in [0.05, 0.1) is 13.2 Å². The second kappa shape index (κ2) is 11.0. The first-order valence-corrected chi connectivity index (χ1v) is 10.9. The predicted molar refractivity (Wildman–Crippen MR) is 124 cm³/mol. The number of anilines is 1. The van der Waals surface area contributed by atoms with E-state index in [1.807, 2.05) is 60.7 Å². The molecule has 1 aliphatic rings. The van der Waals surface area contributed by atoms with Gasteiger partial charge < -0.3 is 24.8 Å². The van der Waals surface area contributed by atoms with Crippen molar-refractivity contribution < 1.29 is 23.8 Å². The zero-order chi connectivity index (χ0) is 22.9. The molecule has 0 aromatic heterocycles. The minimum atomic E-state index is -0.827. The van der Waals surface area contributed by atoms with Crippen LogP contribution in [0.15, 0.2) is 78.9 Å². The lowest BCUT2D eigenvalue weighted by molar-refractivity contribution is -0.118. The summed E-state index contributed by atoms with van der Waals surface area (Å²) in [5, 5.41) is 5.57. The third-order valence-electron chi connectivity index (χ3n) is 5.12. The molecule has 0 spiro atoms. The van der Waals surface area contributed by atoms with Crippen molar-refractivity contribution in [2.24, 2.45) is 0 Å². The summed E-state index contributed by atoms with van der Waals surface area (Å²) in [6.07, 6.45) is 0.455. The smallest absolute Gasteiger partial charge is 0.408 e. The maximum atomic E-state index is 13.1. The first kappa shape index (κ1) is 22.2. The number of benzene rings is 3. The summed E-state index contributed by atoms with van der Waals surface area (Å²) < 4.78 is 16.7. The number of fused-ring (bicyclic) bond motifs is 1. The fraction of sp³-hybridized carbons (Fsp3) is 0.231. The van der Waals surface area contributed by atoms with Gasteiger partial charge in [0.25, 0.3) is 0 Å². The topological polar surface area (TPSA) is 85.9 Å². The quantitative estimate of drug-likeness (QED) is 0.564. The Kier molecular flexibility index (Phi) is 7.43. The zero-order valence-electron chi connectivity index (χ0n) is 18.2. The van der Waals surface area contributed by atoms with Gasteiger partial charge in [-0.25, -0.2) is 4.79 Å². The van der Waals surface area contributed by atoms with Crippen LogP contribution in [0, 0.1) is 0 Å². The van der Waals surface area contributed by atoms with Crippen molar-refractivity contribution >= 4 is 17.7 Å². The highest BCUT2D eigenvalue weighted by Crippen LogP contribution is 2.32. The minimum absolute atomic E-state index is 0.120. The van der Waals surface area contributed by atoms with Crippen LogP contribution < -0.4 is 20.1 Å². The molecular formula is C26H26N2O5. The second-order valence-corrected chi connectivity index (χ2v) is 7.65. The maximum Gasteiger partial charge on any atom is 0.408 e. The molecule has 7 heteroatoms. The highest BCUT2D eigenvalue weighted by atomic mass is 16.5. The lowest BCUT2D eigenvalue weighted by Crippen LogP contribution is -2.45. The van der Waals surface area contributed by atoms with Crippen LogP contribution in [-0.2, 0) is 22.6 Å². The molecule has 2 amide bonds. The van der Waals surface area contributed by atoms with E-state index < -0.39 is 12.1 Å². The summed E-state index contributed by atoms with van der Waals surface area (Å²) in [6.45, 7) is 1.26. The highest BCUT2D eigenvalue weighted by molar-refractivity contribution is 5.97. The first-order valence-electron chi connectivity index (χ1n) is 10.9. The molecule has 0 fully saturated rings. The number of amides is 2. The number of ether oxygens (including phenoxy) is 3. The third kappa shape index (κ3) is 6.49. The lowest BCUT2D eigenvalue weighted by atomic mass is 10.1. The molecule has 1 heterocycles. The Balaban J connectivity index is 1.43. The molecule has 1 aliphatic heterocycles. The molecule has 0 radical (unpaired) electrons. The Labute approximate surface area is 192 Å². The summed E-state index contributed by atoms with van der Waals surface area (Å²) in [4.78, 5) is 25.6. The number of carbonyl (C=O) groups excluding carboxylic acids is 2. The average molecular weight is 447 g/mol. The van der Waals surface area contributed by atoms with Gasteiger partial charge in [-0.15, -0.1) is 0 Å². The van der Waals surface area contributed by atoms with Crippen LogP contribution in [0.4, 0.5) is 10.5 Å². The third-order valence-corrected chi connectivity index (χ3v) is 5.12. The van der Waals surface area contributed by atoms with Crippen molar-refractivity contribution in [1.82, 2.24) is 5.32 Å². The Morgan fingerprint density at radius 3 is 2.24 bits per heavy atom. The molecule has 7 nitrogen and oxygen atoms in total. The Morgan fingerprint density at radius 2 is 1.52 bits per heavy atom. The van der Waals surface area contributed by atoms with Crippen LogP contribution >= 0.6 is 0 Å². The van der Waals surface area contributed by atoms with Crippen LogP contribution in [0.3, 0.4) is 0 Å². The van der Waals surface area contributed by atoms with E-state index in [4.69, 9.17) is 14.2 Å². The number of alkyl carbamates (subject to hydrolysis) is 1. The molecule has 33 heavy (non-hydrogen) atoms. The van der Waals surface area contributed by atoms with Gasteiger partial charge in [-0.1, -0.05) is 60.7 Å². The van der Waals surface area contributed by atoms with Crippen molar-refractivity contribution in [2.45, 2.75) is 25.5 Å². The van der Waals surface area contributed by atoms with Gasteiger partial charge in [-0.2, -0.15) is 0 Å². The van der Waals surface area contributed by atoms with Crippen LogP contribution in [-0.4, -0.2) is 31.3 Å². The number of nitrogens with one attached hydrogen (secondary N) is 2. The van der Waals surface area contributed by atoms with E-state index in [0.29, 0.717) is 36.8 Å². The van der Waals surface area contributed by atoms with Crippen LogP contribution in [0.2, 0.25) is 0 Å². The number of rotatable bonds is 7. The molecule has 1 unspecified atom stereocenters. The zero-order valence-corrected chi connectivity index (χ0v) is 18.2. The van der Waals surface area contributed by atoms with Gasteiger partial charge in [-0.3, -0.25) is 4.79 Å².